The Kier molecular flexibility index (Phi) is 5.92. The first-order valence-corrected chi connectivity index (χ1v) is 10.6. The molecule has 0 fully saturated rings. The summed E-state index contributed by atoms with van der Waals surface area (Å²) >= 11 is 2.97. The molecule has 29 heavy (non-hydrogen) atoms. The number of fused-ring (bicyclic) bond motifs is 1. The Hall–Kier alpha value is -3.10. The van der Waals surface area contributed by atoms with Crippen LogP contribution in [0, 0.1) is 0 Å². The zero-order chi connectivity index (χ0) is 20.1. The Balaban J connectivity index is 1.33. The second-order valence-corrected chi connectivity index (χ2v) is 8.02. The van der Waals surface area contributed by atoms with Crippen LogP contribution in [0.25, 0.3) is 11.6 Å². The van der Waals surface area contributed by atoms with Gasteiger partial charge in [-0.25, -0.2) is 4.79 Å². The normalized spacial score (nSPS) is 12.6. The maximum Gasteiger partial charge on any atom is 0.340 e. The van der Waals surface area contributed by atoms with Crippen molar-refractivity contribution in [3.8, 4) is 11.5 Å². The van der Waals surface area contributed by atoms with Gasteiger partial charge in [0, 0.05) is 16.3 Å². The Bertz CT molecular complexity index is 1030. The summed E-state index contributed by atoms with van der Waals surface area (Å²) in [5.41, 5.74) is 1.30. The van der Waals surface area contributed by atoms with Gasteiger partial charge in [-0.05, 0) is 46.7 Å². The molecule has 3 heterocycles. The highest BCUT2D eigenvalue weighted by Gasteiger charge is 2.17. The van der Waals surface area contributed by atoms with E-state index in [9.17, 15) is 9.59 Å². The fourth-order valence-electron chi connectivity index (χ4n) is 2.69. The van der Waals surface area contributed by atoms with E-state index in [2.05, 4.69) is 5.32 Å². The van der Waals surface area contributed by atoms with Gasteiger partial charge in [0.05, 0.1) is 5.57 Å². The minimum Gasteiger partial charge on any atom is -0.454 e. The third-order valence-corrected chi connectivity index (χ3v) is 5.82. The summed E-state index contributed by atoms with van der Waals surface area (Å²) in [6.07, 6.45) is 1.78. The summed E-state index contributed by atoms with van der Waals surface area (Å²) in [7, 11) is 0. The fraction of sp³-hybridized carbons (Fsp3) is 0.143. The predicted octanol–water partition coefficient (Wildman–Crippen LogP) is 3.94. The second kappa shape index (κ2) is 8.93. The summed E-state index contributed by atoms with van der Waals surface area (Å²) in [5, 5.41) is 6.57. The summed E-state index contributed by atoms with van der Waals surface area (Å²) in [6.45, 7) is 0.152. The van der Waals surface area contributed by atoms with E-state index in [0.717, 1.165) is 15.3 Å². The van der Waals surface area contributed by atoms with Crippen molar-refractivity contribution < 1.29 is 23.8 Å². The van der Waals surface area contributed by atoms with Crippen LogP contribution in [0.4, 0.5) is 0 Å². The Morgan fingerprint density at radius 3 is 2.69 bits per heavy atom. The molecule has 0 unspecified atom stereocenters. The van der Waals surface area contributed by atoms with Gasteiger partial charge in [0.1, 0.15) is 0 Å². The second-order valence-electron chi connectivity index (χ2n) is 6.09. The molecule has 1 aliphatic rings. The monoisotopic (exact) mass is 427 g/mol. The van der Waals surface area contributed by atoms with E-state index in [0.29, 0.717) is 23.6 Å². The zero-order valence-corrected chi connectivity index (χ0v) is 16.9. The number of nitrogens with one attached hydrogen (secondary N) is 1. The van der Waals surface area contributed by atoms with Crippen molar-refractivity contribution in [2.75, 3.05) is 13.4 Å². The molecule has 1 N–H and O–H groups in total. The molecule has 4 rings (SSSR count). The van der Waals surface area contributed by atoms with Crippen molar-refractivity contribution in [2.24, 2.45) is 0 Å². The third-order valence-electron chi connectivity index (χ3n) is 4.10. The number of carbonyl (C=O) groups is 2. The number of carbonyl (C=O) groups excluding carboxylic acids is 2. The molecule has 0 bridgehead atoms. The quantitative estimate of drug-likeness (QED) is 0.457. The minimum absolute atomic E-state index is 0.201. The smallest absolute Gasteiger partial charge is 0.340 e. The van der Waals surface area contributed by atoms with Crippen LogP contribution in [0.5, 0.6) is 11.5 Å². The number of thiophene rings is 2. The molecule has 0 aliphatic carbocycles. The molecule has 148 valence electrons. The Morgan fingerprint density at radius 2 is 1.90 bits per heavy atom. The van der Waals surface area contributed by atoms with Gasteiger partial charge in [0.25, 0.3) is 5.91 Å². The molecule has 0 atom stereocenters. The van der Waals surface area contributed by atoms with Crippen molar-refractivity contribution in [1.29, 1.82) is 0 Å². The molecule has 0 radical (unpaired) electrons. The van der Waals surface area contributed by atoms with Crippen LogP contribution >= 0.6 is 22.7 Å². The minimum atomic E-state index is -0.529. The van der Waals surface area contributed by atoms with E-state index in [4.69, 9.17) is 14.2 Å². The Labute approximate surface area is 175 Å². The van der Waals surface area contributed by atoms with E-state index in [-0.39, 0.29) is 19.3 Å². The molecule has 0 saturated carbocycles. The van der Waals surface area contributed by atoms with Gasteiger partial charge in [-0.2, -0.15) is 0 Å². The van der Waals surface area contributed by atoms with Crippen molar-refractivity contribution in [3.05, 3.63) is 68.5 Å². The molecule has 0 saturated heterocycles. The van der Waals surface area contributed by atoms with E-state index in [1.807, 2.05) is 47.2 Å². The van der Waals surface area contributed by atoms with Crippen LogP contribution in [-0.4, -0.2) is 25.3 Å². The molecule has 1 aliphatic heterocycles. The average molecular weight is 428 g/mol. The number of benzene rings is 1. The van der Waals surface area contributed by atoms with Crippen molar-refractivity contribution in [1.82, 2.24) is 5.32 Å². The summed E-state index contributed by atoms with van der Waals surface area (Å²) in [5.74, 6) is 0.437. The molecular weight excluding hydrogens is 410 g/mol. The maximum absolute atomic E-state index is 12.6. The highest BCUT2D eigenvalue weighted by atomic mass is 32.1. The van der Waals surface area contributed by atoms with Crippen LogP contribution in [0.15, 0.2) is 53.2 Å². The van der Waals surface area contributed by atoms with E-state index < -0.39 is 5.97 Å². The number of amides is 1. The molecule has 0 spiro atoms. The van der Waals surface area contributed by atoms with Crippen molar-refractivity contribution >= 4 is 46.2 Å². The van der Waals surface area contributed by atoms with Crippen molar-refractivity contribution in [2.45, 2.75) is 6.54 Å². The van der Waals surface area contributed by atoms with Gasteiger partial charge in [0.15, 0.2) is 18.1 Å². The lowest BCUT2D eigenvalue weighted by atomic mass is 10.2. The largest absolute Gasteiger partial charge is 0.454 e. The zero-order valence-electron chi connectivity index (χ0n) is 15.3. The van der Waals surface area contributed by atoms with Crippen LogP contribution in [0.2, 0.25) is 0 Å². The average Bonchev–Trinajstić information content (AvgIpc) is 3.50. The van der Waals surface area contributed by atoms with Crippen LogP contribution in [0.1, 0.15) is 15.3 Å². The van der Waals surface area contributed by atoms with Gasteiger partial charge >= 0.3 is 5.97 Å². The third kappa shape index (κ3) is 4.85. The lowest BCUT2D eigenvalue weighted by Gasteiger charge is -2.09. The lowest BCUT2D eigenvalue weighted by molar-refractivity contribution is -0.142. The van der Waals surface area contributed by atoms with Gasteiger partial charge in [-0.15, -0.1) is 22.7 Å². The number of esters is 1. The lowest BCUT2D eigenvalue weighted by Crippen LogP contribution is -2.28. The van der Waals surface area contributed by atoms with Gasteiger partial charge in [0.2, 0.25) is 6.79 Å². The number of hydrogen-bond donors (Lipinski definition) is 1. The first-order chi connectivity index (χ1) is 14.2. The highest BCUT2D eigenvalue weighted by Crippen LogP contribution is 2.32. The highest BCUT2D eigenvalue weighted by molar-refractivity contribution is 7.12. The standard InChI is InChI=1S/C21H17NO5S2/c23-20(22-11-14-5-6-17-18(9-14)27-13-26-17)12-25-21(24)16(19-4-2-8-29-19)10-15-3-1-7-28-15/h1-10H,11-13H2,(H,22,23). The molecule has 1 aromatic carbocycles. The number of ether oxygens (including phenoxy) is 3. The first kappa shape index (κ1) is 19.2. The topological polar surface area (TPSA) is 73.9 Å². The maximum atomic E-state index is 12.6. The van der Waals surface area contributed by atoms with Crippen LogP contribution in [0.3, 0.4) is 0 Å². The molecular formula is C21H17NO5S2. The molecule has 6 nitrogen and oxygen atoms in total. The van der Waals surface area contributed by atoms with E-state index in [1.54, 1.807) is 12.1 Å². The Morgan fingerprint density at radius 1 is 1.07 bits per heavy atom. The van der Waals surface area contributed by atoms with Gasteiger partial charge in [-0.3, -0.25) is 4.79 Å². The number of rotatable bonds is 7. The van der Waals surface area contributed by atoms with E-state index in [1.165, 1.54) is 22.7 Å². The molecule has 3 aromatic rings. The van der Waals surface area contributed by atoms with E-state index >= 15 is 0 Å². The molecule has 8 heteroatoms. The van der Waals surface area contributed by atoms with Crippen LogP contribution in [-0.2, 0) is 20.9 Å². The van der Waals surface area contributed by atoms with Crippen LogP contribution < -0.4 is 14.8 Å². The van der Waals surface area contributed by atoms with Crippen molar-refractivity contribution in [3.63, 3.8) is 0 Å². The summed E-state index contributed by atoms with van der Waals surface area (Å²) < 4.78 is 15.8. The predicted molar refractivity (Wildman–Crippen MR) is 112 cm³/mol. The molecule has 1 amide bonds. The molecule has 2 aromatic heterocycles. The summed E-state index contributed by atoms with van der Waals surface area (Å²) in [4.78, 5) is 26.4. The van der Waals surface area contributed by atoms with Gasteiger partial charge < -0.3 is 19.5 Å². The SMILES string of the molecule is O=C(COC(=O)C(=Cc1cccs1)c1cccs1)NCc1ccc2c(c1)OCO2. The fourth-order valence-corrected chi connectivity index (χ4v) is 4.08. The number of hydrogen-bond acceptors (Lipinski definition) is 7. The first-order valence-electron chi connectivity index (χ1n) is 8.80. The van der Waals surface area contributed by atoms with Gasteiger partial charge in [-0.1, -0.05) is 18.2 Å². The summed E-state index contributed by atoms with van der Waals surface area (Å²) in [6, 6.07) is 13.0.